The number of hydrogen-bond donors (Lipinski definition) is 0. The minimum absolute atomic E-state index is 0.0631. The van der Waals surface area contributed by atoms with Crippen molar-refractivity contribution in [3.63, 3.8) is 0 Å². The molecule has 3 amide bonds. The third kappa shape index (κ3) is 8.83. The lowest BCUT2D eigenvalue weighted by atomic mass is 9.84. The molecule has 1 aliphatic carbocycles. The molecule has 10 nitrogen and oxygen atoms in total. The van der Waals surface area contributed by atoms with Crippen LogP contribution < -0.4 is 0 Å². The molecule has 4 aromatic rings. The summed E-state index contributed by atoms with van der Waals surface area (Å²) in [5.74, 6) is 0.956. The molecule has 2 aromatic heterocycles. The van der Waals surface area contributed by atoms with E-state index in [1.165, 1.54) is 12.2 Å². The maximum atomic E-state index is 14.1. The molecule has 2 aromatic carbocycles. The van der Waals surface area contributed by atoms with E-state index >= 15 is 0 Å². The normalized spacial score (nSPS) is 18.0. The highest BCUT2D eigenvalue weighted by Gasteiger charge is 2.39. The van der Waals surface area contributed by atoms with Crippen molar-refractivity contribution in [2.24, 2.45) is 17.3 Å². The van der Waals surface area contributed by atoms with Crippen LogP contribution in [0, 0.1) is 24.2 Å². The predicted molar refractivity (Wildman–Crippen MR) is 229 cm³/mol. The molecule has 1 saturated carbocycles. The van der Waals surface area contributed by atoms with Crippen LogP contribution in [0.5, 0.6) is 0 Å². The SMILES string of the molecule is C=CC(=O)N1CC(CC(=O)Cn2c(C3CC3)c(C(=O)N3CCCC(C)(C)C3)c3cc(Cl)cc(C)c32)C1.C=CC(=O)N1CC(CC(=O)Cn2ccc3cccc(Cl)c32)C1. The average Bonchev–Trinajstić information content (AvgIpc) is 3.82. The van der Waals surface area contributed by atoms with Gasteiger partial charge in [0.1, 0.15) is 0 Å². The van der Waals surface area contributed by atoms with E-state index in [1.807, 2.05) is 59.0 Å². The fourth-order valence-corrected chi connectivity index (χ4v) is 9.67. The van der Waals surface area contributed by atoms with Crippen molar-refractivity contribution in [2.45, 2.75) is 78.3 Å². The number of para-hydroxylation sites is 1. The van der Waals surface area contributed by atoms with Gasteiger partial charge < -0.3 is 23.8 Å². The Kier molecular flexibility index (Phi) is 12.1. The van der Waals surface area contributed by atoms with E-state index in [0.29, 0.717) is 61.5 Å². The second-order valence-electron chi connectivity index (χ2n) is 17.5. The van der Waals surface area contributed by atoms with Crippen LogP contribution in [0.3, 0.4) is 0 Å². The van der Waals surface area contributed by atoms with Crippen molar-refractivity contribution >= 4 is 74.3 Å². The number of carbonyl (C=O) groups is 5. The summed E-state index contributed by atoms with van der Waals surface area (Å²) < 4.78 is 4.01. The zero-order valence-electron chi connectivity index (χ0n) is 33.8. The highest BCUT2D eigenvalue weighted by Crippen LogP contribution is 2.47. The van der Waals surface area contributed by atoms with Crippen molar-refractivity contribution in [3.05, 3.63) is 94.8 Å². The number of aryl methyl sites for hydroxylation is 1. The molecule has 3 aliphatic heterocycles. The summed E-state index contributed by atoms with van der Waals surface area (Å²) in [6, 6.07) is 11.5. The van der Waals surface area contributed by atoms with E-state index in [1.54, 1.807) is 9.80 Å². The van der Waals surface area contributed by atoms with Gasteiger partial charge in [0, 0.05) is 97.5 Å². The van der Waals surface area contributed by atoms with Gasteiger partial charge in [-0.2, -0.15) is 0 Å². The molecule has 306 valence electrons. The maximum Gasteiger partial charge on any atom is 0.256 e. The van der Waals surface area contributed by atoms with Crippen molar-refractivity contribution in [1.29, 1.82) is 0 Å². The Morgan fingerprint density at radius 1 is 0.828 bits per heavy atom. The van der Waals surface area contributed by atoms with E-state index in [2.05, 4.69) is 31.6 Å². The van der Waals surface area contributed by atoms with E-state index in [-0.39, 0.29) is 53.1 Å². The monoisotopic (exact) mass is 825 g/mol. The number of likely N-dealkylation sites (tertiary alicyclic amines) is 3. The number of fused-ring (bicyclic) bond motifs is 2. The Bertz CT molecular complexity index is 2310. The summed E-state index contributed by atoms with van der Waals surface area (Å²) in [4.78, 5) is 68.1. The first-order valence-electron chi connectivity index (χ1n) is 20.4. The van der Waals surface area contributed by atoms with Crippen LogP contribution >= 0.6 is 23.2 Å². The summed E-state index contributed by atoms with van der Waals surface area (Å²) in [7, 11) is 0. The molecule has 8 rings (SSSR count). The summed E-state index contributed by atoms with van der Waals surface area (Å²) in [6.45, 7) is 18.0. The van der Waals surface area contributed by atoms with Gasteiger partial charge in [0.25, 0.3) is 5.91 Å². The minimum Gasteiger partial charge on any atom is -0.339 e. The van der Waals surface area contributed by atoms with Crippen LogP contribution in [-0.2, 0) is 32.3 Å². The number of piperidine rings is 1. The second kappa shape index (κ2) is 16.9. The topological polar surface area (TPSA) is 105 Å². The summed E-state index contributed by atoms with van der Waals surface area (Å²) in [6.07, 6.45) is 9.63. The van der Waals surface area contributed by atoms with Crippen molar-refractivity contribution in [1.82, 2.24) is 23.8 Å². The Morgan fingerprint density at radius 2 is 1.45 bits per heavy atom. The molecule has 0 N–H and O–H groups in total. The largest absolute Gasteiger partial charge is 0.339 e. The van der Waals surface area contributed by atoms with E-state index in [9.17, 15) is 24.0 Å². The smallest absolute Gasteiger partial charge is 0.256 e. The molecular weight excluding hydrogens is 773 g/mol. The first-order chi connectivity index (χ1) is 27.7. The number of benzene rings is 2. The van der Waals surface area contributed by atoms with Crippen LogP contribution in [-0.4, -0.2) is 92.4 Å². The van der Waals surface area contributed by atoms with Crippen LogP contribution in [0.25, 0.3) is 21.8 Å². The Balaban J connectivity index is 0.000000199. The van der Waals surface area contributed by atoms with E-state index in [4.69, 9.17) is 23.2 Å². The Morgan fingerprint density at radius 3 is 2.03 bits per heavy atom. The molecule has 12 heteroatoms. The molecule has 0 atom stereocenters. The van der Waals surface area contributed by atoms with E-state index < -0.39 is 0 Å². The van der Waals surface area contributed by atoms with Crippen LogP contribution in [0.1, 0.15) is 79.9 Å². The van der Waals surface area contributed by atoms with Gasteiger partial charge in [-0.1, -0.05) is 62.3 Å². The third-order valence-corrected chi connectivity index (χ3v) is 12.6. The van der Waals surface area contributed by atoms with Gasteiger partial charge >= 0.3 is 0 Å². The molecule has 0 bridgehead atoms. The average molecular weight is 827 g/mol. The number of amides is 3. The van der Waals surface area contributed by atoms with Crippen LogP contribution in [0.15, 0.2) is 67.9 Å². The molecule has 0 spiro atoms. The third-order valence-electron chi connectivity index (χ3n) is 12.1. The molecule has 0 unspecified atom stereocenters. The first-order valence-corrected chi connectivity index (χ1v) is 21.1. The number of nitrogens with zero attached hydrogens (tertiary/aromatic N) is 5. The summed E-state index contributed by atoms with van der Waals surface area (Å²) in [5.41, 5.74) is 4.68. The predicted octanol–water partition coefficient (Wildman–Crippen LogP) is 8.24. The lowest BCUT2D eigenvalue weighted by molar-refractivity contribution is -0.134. The second-order valence-corrected chi connectivity index (χ2v) is 18.3. The zero-order chi connectivity index (χ0) is 41.5. The van der Waals surface area contributed by atoms with Gasteiger partial charge in [0.2, 0.25) is 11.8 Å². The van der Waals surface area contributed by atoms with Gasteiger partial charge in [0.05, 0.1) is 34.7 Å². The lowest BCUT2D eigenvalue weighted by Crippen LogP contribution is -2.50. The van der Waals surface area contributed by atoms with E-state index in [0.717, 1.165) is 77.4 Å². The molecule has 5 heterocycles. The van der Waals surface area contributed by atoms with Crippen molar-refractivity contribution in [3.8, 4) is 0 Å². The number of ketones is 2. The lowest BCUT2D eigenvalue weighted by Gasteiger charge is -2.38. The van der Waals surface area contributed by atoms with Gasteiger partial charge in [-0.25, -0.2) is 0 Å². The minimum atomic E-state index is -0.0809. The molecule has 0 radical (unpaired) electrons. The maximum absolute atomic E-state index is 14.1. The summed E-state index contributed by atoms with van der Waals surface area (Å²) >= 11 is 12.7. The number of Topliss-reactive ketones (excluding diaryl/α,β-unsaturated/α-hetero) is 2. The molecular formula is C46H53Cl2N5O5. The number of aromatic nitrogens is 2. The number of carbonyl (C=O) groups excluding carboxylic acids is 5. The summed E-state index contributed by atoms with van der Waals surface area (Å²) in [5, 5.41) is 3.17. The Labute approximate surface area is 350 Å². The van der Waals surface area contributed by atoms with Crippen molar-refractivity contribution in [2.75, 3.05) is 39.3 Å². The van der Waals surface area contributed by atoms with Gasteiger partial charge in [-0.3, -0.25) is 24.0 Å². The van der Waals surface area contributed by atoms with Crippen LogP contribution in [0.4, 0.5) is 0 Å². The fraction of sp³-hybridized carbons (Fsp3) is 0.457. The number of rotatable bonds is 12. The highest BCUT2D eigenvalue weighted by molar-refractivity contribution is 6.35. The van der Waals surface area contributed by atoms with Crippen molar-refractivity contribution < 1.29 is 24.0 Å². The standard InChI is InChI=1S/C29H36ClN3O3.C17H17ClN2O2/c1-5-24(35)32-14-19(15-32)12-22(34)16-33-26-18(2)11-21(30)13-23(26)25(27(33)20-7-8-20)28(36)31-10-6-9-29(3,4)17-31;1-2-16(22)20-9-12(10-20)8-14(21)11-19-7-6-13-4-3-5-15(18)17(13)19/h5,11,13,19-20H,1,6-10,12,14-17H2,2-4H3;2-7,12H,1,8-11H2. The fourth-order valence-electron chi connectivity index (χ4n) is 9.10. The molecule has 3 saturated heterocycles. The number of halogens is 2. The molecule has 58 heavy (non-hydrogen) atoms. The number of hydrogen-bond acceptors (Lipinski definition) is 5. The molecule has 4 fully saturated rings. The van der Waals surface area contributed by atoms with Gasteiger partial charge in [0.15, 0.2) is 11.6 Å². The van der Waals surface area contributed by atoms with Gasteiger partial charge in [-0.15, -0.1) is 0 Å². The van der Waals surface area contributed by atoms with Crippen LogP contribution in [0.2, 0.25) is 10.0 Å². The Hall–Kier alpha value is -4.67. The first kappa shape index (κ1) is 41.5. The molecule has 4 aliphatic rings. The highest BCUT2D eigenvalue weighted by atomic mass is 35.5. The van der Waals surface area contributed by atoms with Gasteiger partial charge in [-0.05, 0) is 80.0 Å². The quantitative estimate of drug-likeness (QED) is 0.134. The zero-order valence-corrected chi connectivity index (χ0v) is 35.3.